The van der Waals surface area contributed by atoms with E-state index in [0.29, 0.717) is 12.6 Å². The lowest BCUT2D eigenvalue weighted by Crippen LogP contribution is -2.47. The summed E-state index contributed by atoms with van der Waals surface area (Å²) in [6.07, 6.45) is 0.179. The van der Waals surface area contributed by atoms with Crippen LogP contribution in [0, 0.1) is 0 Å². The summed E-state index contributed by atoms with van der Waals surface area (Å²) in [5.74, 6) is 0.992. The second-order valence-corrected chi connectivity index (χ2v) is 3.69. The van der Waals surface area contributed by atoms with Crippen molar-refractivity contribution in [2.75, 3.05) is 19.8 Å². The molecule has 3 heteroatoms. The number of fused-ring (bicyclic) bond motifs is 3. The van der Waals surface area contributed by atoms with Crippen LogP contribution in [0.25, 0.3) is 0 Å². The van der Waals surface area contributed by atoms with E-state index in [1.165, 1.54) is 5.56 Å². The Kier molecular flexibility index (Phi) is 1.92. The zero-order chi connectivity index (χ0) is 9.38. The number of benzene rings is 1. The molecule has 2 aliphatic rings. The van der Waals surface area contributed by atoms with Gasteiger partial charge >= 0.3 is 0 Å². The topological polar surface area (TPSA) is 30.5 Å². The first-order valence-corrected chi connectivity index (χ1v) is 5.02. The van der Waals surface area contributed by atoms with Crippen LogP contribution in [0.2, 0.25) is 0 Å². The lowest BCUT2D eigenvalue weighted by Gasteiger charge is -2.37. The van der Waals surface area contributed by atoms with Crippen LogP contribution in [0.15, 0.2) is 24.3 Å². The van der Waals surface area contributed by atoms with Crippen LogP contribution < -0.4 is 10.1 Å². The Morgan fingerprint density at radius 2 is 2.21 bits per heavy atom. The van der Waals surface area contributed by atoms with E-state index in [0.717, 1.165) is 18.9 Å². The van der Waals surface area contributed by atoms with Crippen molar-refractivity contribution in [1.29, 1.82) is 0 Å². The molecule has 3 nitrogen and oxygen atoms in total. The standard InChI is InChI=1S/C11H13NO2/c1-2-4-9-8(3-1)11-10(7-14-9)13-6-5-12-11/h1-4,10-12H,5-7H2/t10-,11-/m1/s1. The first kappa shape index (κ1) is 8.26. The fourth-order valence-corrected chi connectivity index (χ4v) is 2.15. The maximum Gasteiger partial charge on any atom is 0.124 e. The minimum Gasteiger partial charge on any atom is -0.490 e. The molecule has 0 spiro atoms. The Morgan fingerprint density at radius 1 is 1.29 bits per heavy atom. The van der Waals surface area contributed by atoms with Gasteiger partial charge in [0.1, 0.15) is 18.5 Å². The zero-order valence-electron chi connectivity index (χ0n) is 7.90. The predicted octanol–water partition coefficient (Wildman–Crippen LogP) is 1.11. The molecule has 1 fully saturated rings. The normalized spacial score (nSPS) is 30.0. The van der Waals surface area contributed by atoms with Crippen LogP contribution in [-0.4, -0.2) is 25.9 Å². The van der Waals surface area contributed by atoms with Crippen LogP contribution in [-0.2, 0) is 4.74 Å². The van der Waals surface area contributed by atoms with E-state index in [4.69, 9.17) is 9.47 Å². The maximum atomic E-state index is 5.65. The van der Waals surface area contributed by atoms with E-state index in [-0.39, 0.29) is 6.10 Å². The third-order valence-electron chi connectivity index (χ3n) is 2.83. The predicted molar refractivity (Wildman–Crippen MR) is 52.4 cm³/mol. The van der Waals surface area contributed by atoms with E-state index in [1.54, 1.807) is 0 Å². The molecule has 2 aliphatic heterocycles. The van der Waals surface area contributed by atoms with Gasteiger partial charge in [0, 0.05) is 12.1 Å². The highest BCUT2D eigenvalue weighted by atomic mass is 16.5. The van der Waals surface area contributed by atoms with E-state index in [1.807, 2.05) is 18.2 Å². The molecule has 74 valence electrons. The summed E-state index contributed by atoms with van der Waals surface area (Å²) in [6, 6.07) is 8.48. The summed E-state index contributed by atoms with van der Waals surface area (Å²) in [5.41, 5.74) is 1.23. The molecule has 0 saturated carbocycles. The van der Waals surface area contributed by atoms with Gasteiger partial charge in [-0.05, 0) is 6.07 Å². The molecule has 1 aromatic carbocycles. The molecule has 1 N–H and O–H groups in total. The second-order valence-electron chi connectivity index (χ2n) is 3.69. The molecule has 2 atom stereocenters. The Labute approximate surface area is 83.0 Å². The van der Waals surface area contributed by atoms with Crippen molar-refractivity contribution in [3.05, 3.63) is 29.8 Å². The zero-order valence-corrected chi connectivity index (χ0v) is 7.90. The fraction of sp³-hybridized carbons (Fsp3) is 0.455. The molecule has 0 amide bonds. The highest BCUT2D eigenvalue weighted by Gasteiger charge is 2.33. The van der Waals surface area contributed by atoms with E-state index >= 15 is 0 Å². The Morgan fingerprint density at radius 3 is 3.21 bits per heavy atom. The number of rotatable bonds is 0. The summed E-state index contributed by atoms with van der Waals surface area (Å²) in [4.78, 5) is 0. The van der Waals surface area contributed by atoms with Gasteiger partial charge in [-0.1, -0.05) is 18.2 Å². The van der Waals surface area contributed by atoms with Crippen molar-refractivity contribution in [3.63, 3.8) is 0 Å². The maximum absolute atomic E-state index is 5.65. The SMILES string of the molecule is c1ccc2c(c1)OC[C@H]1OCCN[C@H]21. The van der Waals surface area contributed by atoms with Gasteiger partial charge in [0.05, 0.1) is 12.6 Å². The monoisotopic (exact) mass is 191 g/mol. The summed E-state index contributed by atoms with van der Waals surface area (Å²) in [7, 11) is 0. The molecule has 0 bridgehead atoms. The lowest BCUT2D eigenvalue weighted by atomic mass is 9.97. The average Bonchev–Trinajstić information content (AvgIpc) is 2.29. The smallest absolute Gasteiger partial charge is 0.124 e. The van der Waals surface area contributed by atoms with Crippen LogP contribution >= 0.6 is 0 Å². The molecular weight excluding hydrogens is 178 g/mol. The summed E-state index contributed by atoms with van der Waals surface area (Å²) < 4.78 is 11.3. The van der Waals surface area contributed by atoms with Gasteiger partial charge in [0.25, 0.3) is 0 Å². The molecule has 2 heterocycles. The first-order valence-electron chi connectivity index (χ1n) is 5.02. The molecule has 0 aromatic heterocycles. The van der Waals surface area contributed by atoms with Gasteiger partial charge in [-0.2, -0.15) is 0 Å². The average molecular weight is 191 g/mol. The largest absolute Gasteiger partial charge is 0.490 e. The van der Waals surface area contributed by atoms with Crippen molar-refractivity contribution in [2.24, 2.45) is 0 Å². The molecular formula is C11H13NO2. The quantitative estimate of drug-likeness (QED) is 0.666. The van der Waals surface area contributed by atoms with Crippen molar-refractivity contribution in [3.8, 4) is 5.75 Å². The molecule has 0 aliphatic carbocycles. The number of nitrogens with one attached hydrogen (secondary N) is 1. The van der Waals surface area contributed by atoms with Crippen LogP contribution in [0.4, 0.5) is 0 Å². The summed E-state index contributed by atoms with van der Waals surface area (Å²) >= 11 is 0. The summed E-state index contributed by atoms with van der Waals surface area (Å²) in [6.45, 7) is 2.37. The van der Waals surface area contributed by atoms with Crippen molar-refractivity contribution >= 4 is 0 Å². The Bertz CT molecular complexity index is 340. The van der Waals surface area contributed by atoms with Gasteiger partial charge in [-0.25, -0.2) is 0 Å². The highest BCUT2D eigenvalue weighted by molar-refractivity contribution is 5.38. The highest BCUT2D eigenvalue weighted by Crippen LogP contribution is 2.34. The fourth-order valence-electron chi connectivity index (χ4n) is 2.15. The third kappa shape index (κ3) is 1.21. The van der Waals surface area contributed by atoms with Crippen molar-refractivity contribution < 1.29 is 9.47 Å². The van der Waals surface area contributed by atoms with Gasteiger partial charge in [-0.15, -0.1) is 0 Å². The minimum atomic E-state index is 0.179. The van der Waals surface area contributed by atoms with Crippen LogP contribution in [0.1, 0.15) is 11.6 Å². The molecule has 0 radical (unpaired) electrons. The van der Waals surface area contributed by atoms with Gasteiger partial charge < -0.3 is 14.8 Å². The first-order chi connectivity index (χ1) is 6.95. The van der Waals surface area contributed by atoms with E-state index in [9.17, 15) is 0 Å². The molecule has 3 rings (SSSR count). The number of para-hydroxylation sites is 1. The third-order valence-corrected chi connectivity index (χ3v) is 2.83. The molecule has 14 heavy (non-hydrogen) atoms. The van der Waals surface area contributed by atoms with E-state index < -0.39 is 0 Å². The van der Waals surface area contributed by atoms with Crippen LogP contribution in [0.3, 0.4) is 0 Å². The molecule has 0 unspecified atom stereocenters. The molecule has 1 saturated heterocycles. The summed E-state index contributed by atoms with van der Waals surface area (Å²) in [5, 5.41) is 3.47. The van der Waals surface area contributed by atoms with Gasteiger partial charge in [-0.3, -0.25) is 0 Å². The molecule has 1 aromatic rings. The number of hydrogen-bond acceptors (Lipinski definition) is 3. The number of ether oxygens (including phenoxy) is 2. The lowest BCUT2D eigenvalue weighted by molar-refractivity contribution is -0.0408. The number of hydrogen-bond donors (Lipinski definition) is 1. The van der Waals surface area contributed by atoms with E-state index in [2.05, 4.69) is 11.4 Å². The minimum absolute atomic E-state index is 0.179. The van der Waals surface area contributed by atoms with Gasteiger partial charge in [0.15, 0.2) is 0 Å². The second kappa shape index (κ2) is 3.26. The van der Waals surface area contributed by atoms with Crippen LogP contribution in [0.5, 0.6) is 5.75 Å². The van der Waals surface area contributed by atoms with Gasteiger partial charge in [0.2, 0.25) is 0 Å². The Balaban J connectivity index is 1.99. The van der Waals surface area contributed by atoms with Crippen molar-refractivity contribution in [1.82, 2.24) is 5.32 Å². The van der Waals surface area contributed by atoms with Crippen molar-refractivity contribution in [2.45, 2.75) is 12.1 Å². The Hall–Kier alpha value is -1.06. The number of morpholine rings is 1.